The standard InChI is InChI=1S/C54H48N6O9/c1-67-51(65)53-41-29-23-31(39-37(29)47(61)59(49(39)63)21-19-55-45-25-11-3-7-15-33(25)57-34-16-8-4-12-26(34)45)43(41)54(69-53,52(66)68-2)44-32-24-30(42(44)53)38-40(32)50(64)60(48(38)62)22-20-56-46-27-13-5-9-17-35(27)58-36-18-10-6-14-28(36)46/h3-18,29-32,37-44H,19-24H2,1-2H3,(H,55,57)(H,56,58)/t29?,30?,31?,32?,37-,38+,39+,40-,41?,42?,43?,44?,53?,54?. The van der Waals surface area contributed by atoms with Crippen LogP contribution in [0.3, 0.4) is 0 Å². The first-order valence-electron chi connectivity index (χ1n) is 24.2. The minimum Gasteiger partial charge on any atom is -0.467 e. The number of esters is 2. The molecule has 6 aromatic rings. The molecule has 8 fully saturated rings. The van der Waals surface area contributed by atoms with Gasteiger partial charge in [0.2, 0.25) is 23.6 Å². The van der Waals surface area contributed by atoms with Gasteiger partial charge in [-0.1, -0.05) is 72.8 Å². The molecule has 4 saturated carbocycles. The summed E-state index contributed by atoms with van der Waals surface area (Å²) < 4.78 is 18.4. The van der Waals surface area contributed by atoms with Gasteiger partial charge >= 0.3 is 11.9 Å². The second kappa shape index (κ2) is 14.3. The first kappa shape index (κ1) is 41.0. The molecule has 14 rings (SSSR count). The SMILES string of the molecule is COC(=O)C12OC(C(=O)OC)(C3C4CC(C31)[C@@H]1C(=O)N(CCNc3c5ccccc5nc5ccccc35)C(=O)[C@H]41)C1C3CC(C12)[C@H]1C(=O)N(CCNc2c4ccccc4nc4ccccc24)C(=O)[C@@H]31. The highest BCUT2D eigenvalue weighted by Gasteiger charge is 2.93. The molecule has 4 saturated heterocycles. The summed E-state index contributed by atoms with van der Waals surface area (Å²) >= 11 is 0. The van der Waals surface area contributed by atoms with Gasteiger partial charge in [0.05, 0.1) is 71.3 Å². The molecule has 15 heteroatoms. The molecule has 2 N–H and O–H groups in total. The summed E-state index contributed by atoms with van der Waals surface area (Å²) in [6.07, 6.45) is 0.929. The van der Waals surface area contributed by atoms with Crippen LogP contribution in [0.2, 0.25) is 0 Å². The third-order valence-corrected chi connectivity index (χ3v) is 18.3. The number of ether oxygens (including phenoxy) is 3. The minimum absolute atomic E-state index is 0.121. The van der Waals surface area contributed by atoms with Crippen molar-refractivity contribution < 1.29 is 43.0 Å². The zero-order valence-corrected chi connectivity index (χ0v) is 37.9. The van der Waals surface area contributed by atoms with Gasteiger partial charge in [0.15, 0.2) is 11.2 Å². The van der Waals surface area contributed by atoms with E-state index in [1.165, 1.54) is 24.0 Å². The molecule has 2 aromatic heterocycles. The number of fused-ring (bicyclic) bond motifs is 26. The van der Waals surface area contributed by atoms with Crippen LogP contribution in [0.4, 0.5) is 11.4 Å². The Hall–Kier alpha value is -7.00. The van der Waals surface area contributed by atoms with Gasteiger partial charge in [0.1, 0.15) is 0 Å². The van der Waals surface area contributed by atoms with Crippen LogP contribution in [0.25, 0.3) is 43.6 Å². The van der Waals surface area contributed by atoms with E-state index in [4.69, 9.17) is 24.2 Å². The zero-order chi connectivity index (χ0) is 46.8. The molecule has 6 heterocycles. The van der Waals surface area contributed by atoms with Crippen molar-refractivity contribution in [2.24, 2.45) is 71.0 Å². The van der Waals surface area contributed by atoms with Crippen molar-refractivity contribution in [3.8, 4) is 0 Å². The Balaban J connectivity index is 0.763. The number of hydrogen-bond donors (Lipinski definition) is 2. The Kier molecular flexibility index (Phi) is 8.49. The molecule has 8 aliphatic rings. The van der Waals surface area contributed by atoms with Crippen molar-refractivity contribution in [3.05, 3.63) is 97.1 Å². The normalized spacial score (nSPS) is 35.2. The van der Waals surface area contributed by atoms with Crippen molar-refractivity contribution in [2.45, 2.75) is 24.0 Å². The third-order valence-electron chi connectivity index (χ3n) is 18.3. The Morgan fingerprint density at radius 1 is 0.522 bits per heavy atom. The molecule has 348 valence electrons. The Morgan fingerprint density at radius 2 is 0.812 bits per heavy atom. The average molecular weight is 925 g/mol. The van der Waals surface area contributed by atoms with Gasteiger partial charge < -0.3 is 24.8 Å². The Morgan fingerprint density at radius 3 is 1.10 bits per heavy atom. The predicted molar refractivity (Wildman–Crippen MR) is 251 cm³/mol. The van der Waals surface area contributed by atoms with Crippen molar-refractivity contribution in [1.82, 2.24) is 19.8 Å². The van der Waals surface area contributed by atoms with Gasteiger partial charge in [0.25, 0.3) is 0 Å². The fourth-order valence-corrected chi connectivity index (χ4v) is 16.5. The number of nitrogens with one attached hydrogen (secondary N) is 2. The van der Waals surface area contributed by atoms with Crippen LogP contribution in [0.1, 0.15) is 12.8 Å². The number of rotatable bonds is 10. The molecule has 15 nitrogen and oxygen atoms in total. The second-order valence-electron chi connectivity index (χ2n) is 20.6. The minimum atomic E-state index is -1.68. The molecule has 0 spiro atoms. The second-order valence-corrected chi connectivity index (χ2v) is 20.6. The summed E-state index contributed by atoms with van der Waals surface area (Å²) in [6, 6.07) is 31.4. The van der Waals surface area contributed by atoms with E-state index in [1.54, 1.807) is 0 Å². The molecule has 14 atom stereocenters. The molecule has 10 unspecified atom stereocenters. The number of methoxy groups -OCH3 is 2. The quantitative estimate of drug-likeness (QED) is 0.101. The maximum atomic E-state index is 14.8. The summed E-state index contributed by atoms with van der Waals surface area (Å²) in [5, 5.41) is 10.8. The third kappa shape index (κ3) is 4.96. The molecule has 69 heavy (non-hydrogen) atoms. The lowest BCUT2D eigenvalue weighted by molar-refractivity contribution is -0.188. The topological polar surface area (TPSA) is 186 Å². The maximum Gasteiger partial charge on any atom is 0.338 e. The van der Waals surface area contributed by atoms with E-state index < -0.39 is 94.2 Å². The van der Waals surface area contributed by atoms with Crippen molar-refractivity contribution >= 4 is 90.6 Å². The van der Waals surface area contributed by atoms with Crippen LogP contribution in [0, 0.1) is 71.0 Å². The van der Waals surface area contributed by atoms with E-state index in [-0.39, 0.29) is 36.7 Å². The molecular weight excluding hydrogens is 877 g/mol. The van der Waals surface area contributed by atoms with E-state index in [2.05, 4.69) is 10.6 Å². The Bertz CT molecular complexity index is 2930. The van der Waals surface area contributed by atoms with Crippen LogP contribution >= 0.6 is 0 Å². The van der Waals surface area contributed by atoms with Crippen LogP contribution in [0.5, 0.6) is 0 Å². The van der Waals surface area contributed by atoms with Crippen molar-refractivity contribution in [2.75, 3.05) is 51.0 Å². The molecule has 4 aliphatic carbocycles. The molecule has 6 bridgehead atoms. The number of amides is 4. The van der Waals surface area contributed by atoms with E-state index in [1.807, 2.05) is 97.1 Å². The summed E-state index contributed by atoms with van der Waals surface area (Å²) in [7, 11) is 2.60. The highest BCUT2D eigenvalue weighted by atomic mass is 16.6. The fourth-order valence-electron chi connectivity index (χ4n) is 16.5. The molecule has 4 aliphatic heterocycles. The first-order valence-corrected chi connectivity index (χ1v) is 24.2. The van der Waals surface area contributed by atoms with Gasteiger partial charge in [0, 0.05) is 71.4 Å². The van der Waals surface area contributed by atoms with Crippen LogP contribution in [-0.2, 0) is 43.0 Å². The number of benzene rings is 4. The summed E-state index contributed by atoms with van der Waals surface area (Å²) in [5.41, 5.74) is 1.67. The number of imide groups is 2. The number of carbonyl (C=O) groups excluding carboxylic acids is 6. The monoisotopic (exact) mass is 924 g/mol. The van der Waals surface area contributed by atoms with Gasteiger partial charge in [-0.3, -0.25) is 29.0 Å². The van der Waals surface area contributed by atoms with Gasteiger partial charge in [-0.25, -0.2) is 19.6 Å². The fraction of sp³-hybridized carbons (Fsp3) is 0.407. The highest BCUT2D eigenvalue weighted by molar-refractivity contribution is 6.10. The van der Waals surface area contributed by atoms with Crippen molar-refractivity contribution in [1.29, 1.82) is 0 Å². The predicted octanol–water partition coefficient (Wildman–Crippen LogP) is 5.45. The van der Waals surface area contributed by atoms with E-state index in [0.717, 1.165) is 55.0 Å². The number of carbonyl (C=O) groups is 6. The highest BCUT2D eigenvalue weighted by Crippen LogP contribution is 2.83. The zero-order valence-electron chi connectivity index (χ0n) is 37.9. The summed E-state index contributed by atoms with van der Waals surface area (Å²) in [4.78, 5) is 101. The lowest BCUT2D eigenvalue weighted by Crippen LogP contribution is -2.64. The van der Waals surface area contributed by atoms with Crippen LogP contribution in [-0.4, -0.2) is 107 Å². The van der Waals surface area contributed by atoms with E-state index in [9.17, 15) is 28.8 Å². The maximum absolute atomic E-state index is 14.8. The molecular formula is C54H48N6O9. The number of pyridine rings is 2. The van der Waals surface area contributed by atoms with Gasteiger partial charge in [-0.2, -0.15) is 0 Å². The molecule has 0 radical (unpaired) electrons. The van der Waals surface area contributed by atoms with E-state index >= 15 is 0 Å². The number of para-hydroxylation sites is 4. The average Bonchev–Trinajstić information content (AvgIpc) is 4.27. The number of anilines is 2. The largest absolute Gasteiger partial charge is 0.467 e. The number of hydrogen-bond acceptors (Lipinski definition) is 13. The number of likely N-dealkylation sites (tertiary alicyclic amines) is 2. The molecule has 4 aromatic carbocycles. The molecule has 4 amide bonds. The van der Waals surface area contributed by atoms with Gasteiger partial charge in [-0.05, 0) is 60.8 Å². The number of aromatic nitrogens is 2. The van der Waals surface area contributed by atoms with Crippen LogP contribution < -0.4 is 10.6 Å². The van der Waals surface area contributed by atoms with E-state index in [0.29, 0.717) is 25.9 Å². The van der Waals surface area contributed by atoms with Crippen LogP contribution in [0.15, 0.2) is 97.1 Å². The summed E-state index contributed by atoms with van der Waals surface area (Å²) in [5.74, 6) is -9.65. The summed E-state index contributed by atoms with van der Waals surface area (Å²) in [6.45, 7) is 0.828. The number of nitrogens with zero attached hydrogens (tertiary/aromatic N) is 4. The smallest absolute Gasteiger partial charge is 0.338 e. The lowest BCUT2D eigenvalue weighted by atomic mass is 9.47. The lowest BCUT2D eigenvalue weighted by Gasteiger charge is -2.51. The van der Waals surface area contributed by atoms with Crippen molar-refractivity contribution in [3.63, 3.8) is 0 Å². The van der Waals surface area contributed by atoms with Gasteiger partial charge in [-0.15, -0.1) is 0 Å². The Labute approximate surface area is 395 Å². The first-order chi connectivity index (χ1) is 33.6.